The van der Waals surface area contributed by atoms with Crippen LogP contribution in [0.2, 0.25) is 0 Å². The molecule has 118 valence electrons. The summed E-state index contributed by atoms with van der Waals surface area (Å²) in [5, 5.41) is 4.73. The first-order chi connectivity index (χ1) is 11.2. The number of nitrogens with one attached hydrogen (secondary N) is 3. The molecule has 2 aromatic heterocycles. The van der Waals surface area contributed by atoms with Crippen molar-refractivity contribution in [1.82, 2.24) is 20.8 Å². The fourth-order valence-corrected chi connectivity index (χ4v) is 3.86. The summed E-state index contributed by atoms with van der Waals surface area (Å²) < 4.78 is 0. The number of hydrogen-bond donors (Lipinski definition) is 3. The Morgan fingerprint density at radius 3 is 2.57 bits per heavy atom. The lowest BCUT2D eigenvalue weighted by Gasteiger charge is -2.14. The molecule has 0 saturated carbocycles. The van der Waals surface area contributed by atoms with E-state index >= 15 is 0 Å². The Bertz CT molecular complexity index is 837. The molecule has 6 heteroatoms. The van der Waals surface area contributed by atoms with E-state index in [0.29, 0.717) is 6.04 Å². The van der Waals surface area contributed by atoms with Crippen LogP contribution in [-0.4, -0.2) is 29.1 Å². The van der Waals surface area contributed by atoms with E-state index in [1.165, 1.54) is 10.4 Å². The van der Waals surface area contributed by atoms with Gasteiger partial charge in [0.25, 0.3) is 0 Å². The van der Waals surface area contributed by atoms with Gasteiger partial charge in [0.1, 0.15) is 10.6 Å². The van der Waals surface area contributed by atoms with Gasteiger partial charge in [-0.05, 0) is 19.4 Å². The maximum Gasteiger partial charge on any atom is 0.163 e. The van der Waals surface area contributed by atoms with Crippen LogP contribution in [0.1, 0.15) is 10.4 Å². The highest BCUT2D eigenvalue weighted by atomic mass is 32.1. The summed E-state index contributed by atoms with van der Waals surface area (Å²) in [6, 6.07) is 10.5. The van der Waals surface area contributed by atoms with Gasteiger partial charge in [-0.25, -0.2) is 9.97 Å². The van der Waals surface area contributed by atoms with Gasteiger partial charge in [-0.1, -0.05) is 30.3 Å². The van der Waals surface area contributed by atoms with Gasteiger partial charge in [-0.3, -0.25) is 10.9 Å². The van der Waals surface area contributed by atoms with Crippen LogP contribution in [0.25, 0.3) is 21.6 Å². The van der Waals surface area contributed by atoms with Crippen molar-refractivity contribution in [3.63, 3.8) is 0 Å². The minimum Gasteiger partial charge on any atom is -0.364 e. The molecule has 4 rings (SSSR count). The molecule has 1 aliphatic heterocycles. The molecule has 3 heterocycles. The average Bonchev–Trinajstić information content (AvgIpc) is 3.17. The molecule has 0 atom stereocenters. The van der Waals surface area contributed by atoms with Crippen molar-refractivity contribution in [2.75, 3.05) is 18.4 Å². The minimum absolute atomic E-state index is 0.330. The Labute approximate surface area is 139 Å². The first kappa shape index (κ1) is 14.6. The van der Waals surface area contributed by atoms with Crippen LogP contribution < -0.4 is 16.2 Å². The van der Waals surface area contributed by atoms with Gasteiger partial charge in [0.15, 0.2) is 5.82 Å². The van der Waals surface area contributed by atoms with Crippen LogP contribution in [0.3, 0.4) is 0 Å². The highest BCUT2D eigenvalue weighted by Gasteiger charge is 2.20. The van der Waals surface area contributed by atoms with E-state index in [1.54, 1.807) is 11.3 Å². The van der Waals surface area contributed by atoms with Crippen molar-refractivity contribution in [3.05, 3.63) is 40.8 Å². The van der Waals surface area contributed by atoms with Crippen molar-refractivity contribution in [2.24, 2.45) is 0 Å². The fraction of sp³-hybridized carbons (Fsp3) is 0.294. The second-order valence-corrected chi connectivity index (χ2v) is 7.03. The molecule has 0 bridgehead atoms. The van der Waals surface area contributed by atoms with E-state index in [0.717, 1.165) is 40.5 Å². The van der Waals surface area contributed by atoms with Crippen LogP contribution in [0.15, 0.2) is 30.3 Å². The van der Waals surface area contributed by atoms with E-state index in [2.05, 4.69) is 42.1 Å². The average molecular weight is 325 g/mol. The third-order valence-electron chi connectivity index (χ3n) is 4.22. The lowest BCUT2D eigenvalue weighted by Crippen LogP contribution is -2.25. The first-order valence-corrected chi connectivity index (χ1v) is 8.59. The lowest BCUT2D eigenvalue weighted by atomic mass is 10.1. The van der Waals surface area contributed by atoms with Crippen molar-refractivity contribution in [3.8, 4) is 11.4 Å². The number of thiophene rings is 1. The van der Waals surface area contributed by atoms with E-state index in [1.807, 2.05) is 18.2 Å². The lowest BCUT2D eigenvalue weighted by molar-refractivity contribution is 0.689. The quantitative estimate of drug-likeness (QED) is 0.691. The summed E-state index contributed by atoms with van der Waals surface area (Å²) in [7, 11) is 0. The molecule has 23 heavy (non-hydrogen) atoms. The SMILES string of the molecule is Cc1sc2nc(-c3ccccc3)nc(NC3CNNC3)c2c1C. The summed E-state index contributed by atoms with van der Waals surface area (Å²) in [6.45, 7) is 6.06. The summed E-state index contributed by atoms with van der Waals surface area (Å²) in [5.41, 5.74) is 8.62. The summed E-state index contributed by atoms with van der Waals surface area (Å²) in [6.07, 6.45) is 0. The van der Waals surface area contributed by atoms with Gasteiger partial charge in [0.05, 0.1) is 11.4 Å². The number of hydrogen-bond acceptors (Lipinski definition) is 6. The molecule has 1 aliphatic rings. The molecule has 3 aromatic rings. The van der Waals surface area contributed by atoms with Gasteiger partial charge in [0, 0.05) is 23.5 Å². The molecule has 1 fully saturated rings. The Balaban J connectivity index is 1.86. The molecule has 0 unspecified atom stereocenters. The molecular weight excluding hydrogens is 306 g/mol. The largest absolute Gasteiger partial charge is 0.364 e. The highest BCUT2D eigenvalue weighted by molar-refractivity contribution is 7.18. The molecule has 0 amide bonds. The third-order valence-corrected chi connectivity index (χ3v) is 5.32. The minimum atomic E-state index is 0.330. The predicted octanol–water partition coefficient (Wildman–Crippen LogP) is 2.86. The fourth-order valence-electron chi connectivity index (χ4n) is 2.83. The predicted molar refractivity (Wildman–Crippen MR) is 95.7 cm³/mol. The van der Waals surface area contributed by atoms with Gasteiger partial charge in [-0.2, -0.15) is 0 Å². The number of aryl methyl sites for hydroxylation is 2. The van der Waals surface area contributed by atoms with E-state index in [4.69, 9.17) is 9.97 Å². The van der Waals surface area contributed by atoms with Crippen LogP contribution in [0.5, 0.6) is 0 Å². The summed E-state index contributed by atoms with van der Waals surface area (Å²) in [4.78, 5) is 12.0. The van der Waals surface area contributed by atoms with Crippen molar-refractivity contribution in [1.29, 1.82) is 0 Å². The molecule has 0 radical (unpaired) electrons. The molecule has 0 spiro atoms. The Morgan fingerprint density at radius 1 is 1.09 bits per heavy atom. The highest BCUT2D eigenvalue weighted by Crippen LogP contribution is 2.35. The zero-order valence-corrected chi connectivity index (χ0v) is 14.0. The van der Waals surface area contributed by atoms with Gasteiger partial charge in [0.2, 0.25) is 0 Å². The second-order valence-electron chi connectivity index (χ2n) is 5.83. The van der Waals surface area contributed by atoms with Crippen LogP contribution in [0.4, 0.5) is 5.82 Å². The maximum absolute atomic E-state index is 4.84. The number of hydrazine groups is 1. The van der Waals surface area contributed by atoms with Crippen molar-refractivity contribution in [2.45, 2.75) is 19.9 Å². The molecule has 1 aromatic carbocycles. The van der Waals surface area contributed by atoms with Crippen LogP contribution in [0, 0.1) is 13.8 Å². The maximum atomic E-state index is 4.84. The van der Waals surface area contributed by atoms with Crippen molar-refractivity contribution >= 4 is 27.4 Å². The Hall–Kier alpha value is -2.02. The molecular formula is C17H19N5S. The van der Waals surface area contributed by atoms with E-state index < -0.39 is 0 Å². The summed E-state index contributed by atoms with van der Waals surface area (Å²) >= 11 is 1.74. The van der Waals surface area contributed by atoms with Crippen molar-refractivity contribution < 1.29 is 0 Å². The zero-order valence-electron chi connectivity index (χ0n) is 13.2. The number of anilines is 1. The Kier molecular flexibility index (Phi) is 3.72. The number of nitrogens with zero attached hydrogens (tertiary/aromatic N) is 2. The topological polar surface area (TPSA) is 61.9 Å². The monoisotopic (exact) mass is 325 g/mol. The second kappa shape index (κ2) is 5.88. The van der Waals surface area contributed by atoms with Gasteiger partial charge < -0.3 is 5.32 Å². The smallest absolute Gasteiger partial charge is 0.163 e. The van der Waals surface area contributed by atoms with E-state index in [-0.39, 0.29) is 0 Å². The number of rotatable bonds is 3. The standard InChI is InChI=1S/C17H19N5S/c1-10-11(2)23-17-14(10)16(20-13-8-18-19-9-13)21-15(22-17)12-6-4-3-5-7-12/h3-7,13,18-19H,8-9H2,1-2H3,(H,20,21,22). The molecule has 1 saturated heterocycles. The Morgan fingerprint density at radius 2 is 1.83 bits per heavy atom. The third kappa shape index (κ3) is 2.69. The van der Waals surface area contributed by atoms with E-state index in [9.17, 15) is 0 Å². The molecule has 5 nitrogen and oxygen atoms in total. The summed E-state index contributed by atoms with van der Waals surface area (Å²) in [5.74, 6) is 1.71. The molecule has 3 N–H and O–H groups in total. The number of benzene rings is 1. The number of aromatic nitrogens is 2. The normalized spacial score (nSPS) is 15.4. The van der Waals surface area contributed by atoms with Crippen LogP contribution >= 0.6 is 11.3 Å². The number of fused-ring (bicyclic) bond motifs is 1. The van der Waals surface area contributed by atoms with Gasteiger partial charge >= 0.3 is 0 Å². The molecule has 0 aliphatic carbocycles. The zero-order chi connectivity index (χ0) is 15.8. The van der Waals surface area contributed by atoms with Crippen LogP contribution in [-0.2, 0) is 0 Å². The van der Waals surface area contributed by atoms with Gasteiger partial charge in [-0.15, -0.1) is 11.3 Å². The first-order valence-electron chi connectivity index (χ1n) is 7.78.